The third kappa shape index (κ3) is 5.00. The number of hydrogen-bond acceptors (Lipinski definition) is 6. The first-order valence-corrected chi connectivity index (χ1v) is 9.99. The van der Waals surface area contributed by atoms with Crippen molar-refractivity contribution in [2.24, 2.45) is 0 Å². The summed E-state index contributed by atoms with van der Waals surface area (Å²) in [6.07, 6.45) is 3.50. The van der Waals surface area contributed by atoms with Gasteiger partial charge in [0.25, 0.3) is 0 Å². The van der Waals surface area contributed by atoms with Crippen LogP contribution >= 0.6 is 0 Å². The number of hydrogen-bond donors (Lipinski definition) is 1. The molecule has 0 unspecified atom stereocenters. The van der Waals surface area contributed by atoms with Gasteiger partial charge in [-0.15, -0.1) is 10.2 Å². The van der Waals surface area contributed by atoms with Crippen molar-refractivity contribution in [1.82, 2.24) is 20.1 Å². The smallest absolute Gasteiger partial charge is 0.246 e. The van der Waals surface area contributed by atoms with Gasteiger partial charge in [-0.25, -0.2) is 4.98 Å². The zero-order valence-corrected chi connectivity index (χ0v) is 16.9. The van der Waals surface area contributed by atoms with E-state index in [0.29, 0.717) is 18.9 Å². The Hall–Kier alpha value is -3.74. The molecule has 1 aromatic carbocycles. The quantitative estimate of drug-likeness (QED) is 0.663. The Kier molecular flexibility index (Phi) is 5.98. The van der Waals surface area contributed by atoms with Crippen molar-refractivity contribution in [3.05, 3.63) is 78.0 Å². The molecule has 1 N–H and O–H groups in total. The van der Waals surface area contributed by atoms with Gasteiger partial charge >= 0.3 is 0 Å². The molecule has 1 aliphatic rings. The highest BCUT2D eigenvalue weighted by atomic mass is 16.2. The van der Waals surface area contributed by atoms with E-state index in [1.807, 2.05) is 78.6 Å². The van der Waals surface area contributed by atoms with Gasteiger partial charge in [-0.1, -0.05) is 36.4 Å². The third-order valence-corrected chi connectivity index (χ3v) is 4.93. The number of pyridine rings is 1. The number of nitrogens with one attached hydrogen (secondary N) is 1. The van der Waals surface area contributed by atoms with Gasteiger partial charge in [-0.05, 0) is 42.8 Å². The summed E-state index contributed by atoms with van der Waals surface area (Å²) in [5, 5.41) is 11.8. The fraction of sp³-hybridized carbons (Fsp3) is 0.217. The topological polar surface area (TPSA) is 74.2 Å². The molecule has 7 heteroatoms. The number of amides is 1. The fourth-order valence-electron chi connectivity index (χ4n) is 3.30. The van der Waals surface area contributed by atoms with E-state index in [9.17, 15) is 4.79 Å². The van der Waals surface area contributed by atoms with E-state index in [1.165, 1.54) is 0 Å². The Morgan fingerprint density at radius 2 is 1.70 bits per heavy atom. The average Bonchev–Trinajstić information content (AvgIpc) is 2.79. The first-order valence-electron chi connectivity index (χ1n) is 9.99. The molecule has 0 radical (unpaired) electrons. The van der Waals surface area contributed by atoms with Crippen LogP contribution < -0.4 is 10.2 Å². The highest BCUT2D eigenvalue weighted by Crippen LogP contribution is 2.17. The minimum atomic E-state index is 0.0368. The second-order valence-corrected chi connectivity index (χ2v) is 7.12. The van der Waals surface area contributed by atoms with Crippen LogP contribution in [0.1, 0.15) is 11.3 Å². The number of aromatic nitrogens is 3. The lowest BCUT2D eigenvalue weighted by Gasteiger charge is -2.34. The van der Waals surface area contributed by atoms with Crippen LogP contribution in [0, 0.1) is 6.92 Å². The average molecular weight is 400 g/mol. The molecule has 7 nitrogen and oxygen atoms in total. The first kappa shape index (κ1) is 19.6. The van der Waals surface area contributed by atoms with Crippen molar-refractivity contribution in [2.45, 2.75) is 6.92 Å². The summed E-state index contributed by atoms with van der Waals surface area (Å²) >= 11 is 0. The van der Waals surface area contributed by atoms with Gasteiger partial charge in [0.15, 0.2) is 11.6 Å². The van der Waals surface area contributed by atoms with Gasteiger partial charge in [0, 0.05) is 37.9 Å². The SMILES string of the molecule is Cc1cccc(Nc2ccc(N3CCN(C(=O)/C=C/c4ccccc4)CC3)nn2)n1. The van der Waals surface area contributed by atoms with Crippen LogP contribution in [-0.4, -0.2) is 52.2 Å². The summed E-state index contributed by atoms with van der Waals surface area (Å²) < 4.78 is 0. The van der Waals surface area contributed by atoms with Crippen LogP contribution in [0.4, 0.5) is 17.5 Å². The molecular weight excluding hydrogens is 376 g/mol. The van der Waals surface area contributed by atoms with Crippen molar-refractivity contribution in [3.8, 4) is 0 Å². The predicted molar refractivity (Wildman–Crippen MR) is 119 cm³/mol. The molecule has 30 heavy (non-hydrogen) atoms. The molecule has 3 aromatic rings. The van der Waals surface area contributed by atoms with E-state index in [1.54, 1.807) is 6.08 Å². The van der Waals surface area contributed by atoms with Gasteiger partial charge < -0.3 is 15.1 Å². The van der Waals surface area contributed by atoms with E-state index >= 15 is 0 Å². The number of anilines is 3. The van der Waals surface area contributed by atoms with Gasteiger partial charge in [-0.3, -0.25) is 4.79 Å². The van der Waals surface area contributed by atoms with E-state index in [4.69, 9.17) is 0 Å². The molecule has 1 aliphatic heterocycles. The van der Waals surface area contributed by atoms with Crippen LogP contribution in [0.15, 0.2) is 66.7 Å². The zero-order chi connectivity index (χ0) is 20.8. The molecule has 1 saturated heterocycles. The molecular formula is C23H24N6O. The Morgan fingerprint density at radius 1 is 0.900 bits per heavy atom. The molecule has 1 fully saturated rings. The normalized spacial score (nSPS) is 14.2. The molecule has 1 amide bonds. The van der Waals surface area contributed by atoms with Crippen molar-refractivity contribution >= 4 is 29.4 Å². The standard InChI is InChI=1S/C23H24N6O/c1-18-6-5-9-20(24-18)25-21-11-12-22(27-26-21)28-14-16-29(17-15-28)23(30)13-10-19-7-3-2-4-8-19/h2-13H,14-17H2,1H3,(H,24,25,26)/b13-10+. The largest absolute Gasteiger partial charge is 0.352 e. The maximum Gasteiger partial charge on any atom is 0.246 e. The fourth-order valence-corrected chi connectivity index (χ4v) is 3.30. The van der Waals surface area contributed by atoms with E-state index in [2.05, 4.69) is 25.4 Å². The van der Waals surface area contributed by atoms with Crippen molar-refractivity contribution in [3.63, 3.8) is 0 Å². The van der Waals surface area contributed by atoms with E-state index < -0.39 is 0 Å². The van der Waals surface area contributed by atoms with E-state index in [0.717, 1.165) is 36.0 Å². The zero-order valence-electron chi connectivity index (χ0n) is 16.9. The summed E-state index contributed by atoms with van der Waals surface area (Å²) in [5.74, 6) is 2.24. The Morgan fingerprint density at radius 3 is 2.40 bits per heavy atom. The molecule has 0 saturated carbocycles. The molecule has 2 aromatic heterocycles. The maximum absolute atomic E-state index is 12.4. The van der Waals surface area contributed by atoms with Crippen LogP contribution in [0.3, 0.4) is 0 Å². The van der Waals surface area contributed by atoms with Crippen LogP contribution in [0.25, 0.3) is 6.08 Å². The van der Waals surface area contributed by atoms with E-state index in [-0.39, 0.29) is 5.91 Å². The Labute approximate surface area is 176 Å². The number of rotatable bonds is 5. The number of piperazine rings is 1. The molecule has 4 rings (SSSR count). The lowest BCUT2D eigenvalue weighted by atomic mass is 10.2. The van der Waals surface area contributed by atoms with Gasteiger partial charge in [0.05, 0.1) is 0 Å². The highest BCUT2D eigenvalue weighted by molar-refractivity contribution is 5.91. The summed E-state index contributed by atoms with van der Waals surface area (Å²) in [6, 6.07) is 19.5. The summed E-state index contributed by atoms with van der Waals surface area (Å²) in [5.41, 5.74) is 1.96. The summed E-state index contributed by atoms with van der Waals surface area (Å²) in [4.78, 5) is 20.9. The molecule has 0 aliphatic carbocycles. The first-order chi connectivity index (χ1) is 14.7. The van der Waals surface area contributed by atoms with Crippen LogP contribution in [-0.2, 0) is 4.79 Å². The van der Waals surface area contributed by atoms with Crippen molar-refractivity contribution < 1.29 is 4.79 Å². The number of nitrogens with zero attached hydrogens (tertiary/aromatic N) is 5. The number of benzene rings is 1. The molecule has 3 heterocycles. The predicted octanol–water partition coefficient (Wildman–Crippen LogP) is 3.29. The van der Waals surface area contributed by atoms with Gasteiger partial charge in [0.1, 0.15) is 5.82 Å². The van der Waals surface area contributed by atoms with Crippen molar-refractivity contribution in [2.75, 3.05) is 36.4 Å². The van der Waals surface area contributed by atoms with Gasteiger partial charge in [0.2, 0.25) is 5.91 Å². The minimum absolute atomic E-state index is 0.0368. The number of aryl methyl sites for hydroxylation is 1. The summed E-state index contributed by atoms with van der Waals surface area (Å²) in [7, 11) is 0. The summed E-state index contributed by atoms with van der Waals surface area (Å²) in [6.45, 7) is 4.72. The molecule has 0 atom stereocenters. The second kappa shape index (κ2) is 9.17. The van der Waals surface area contributed by atoms with Gasteiger partial charge in [-0.2, -0.15) is 0 Å². The van der Waals surface area contributed by atoms with Crippen LogP contribution in [0.2, 0.25) is 0 Å². The van der Waals surface area contributed by atoms with Crippen molar-refractivity contribution in [1.29, 1.82) is 0 Å². The monoisotopic (exact) mass is 400 g/mol. The molecule has 152 valence electrons. The Balaban J connectivity index is 1.30. The molecule has 0 spiro atoms. The Bertz CT molecular complexity index is 1010. The second-order valence-electron chi connectivity index (χ2n) is 7.12. The minimum Gasteiger partial charge on any atom is -0.352 e. The maximum atomic E-state index is 12.4. The number of carbonyl (C=O) groups excluding carboxylic acids is 1. The van der Waals surface area contributed by atoms with Crippen LogP contribution in [0.5, 0.6) is 0 Å². The molecule has 0 bridgehead atoms. The lowest BCUT2D eigenvalue weighted by molar-refractivity contribution is -0.126. The number of carbonyl (C=O) groups is 1. The third-order valence-electron chi connectivity index (χ3n) is 4.93. The highest BCUT2D eigenvalue weighted by Gasteiger charge is 2.20. The lowest BCUT2D eigenvalue weighted by Crippen LogP contribution is -2.48.